The third-order valence-electron chi connectivity index (χ3n) is 5.30. The molecule has 0 aliphatic rings. The Morgan fingerprint density at radius 3 is 1.30 bits per heavy atom. The number of rotatable bonds is 16. The Bertz CT molecular complexity index is 731. The lowest BCUT2D eigenvalue weighted by Crippen LogP contribution is -2.36. The van der Waals surface area contributed by atoms with E-state index in [1.807, 2.05) is 60.7 Å². The molecule has 6 nitrogen and oxygen atoms in total. The van der Waals surface area contributed by atoms with Gasteiger partial charge in [-0.05, 0) is 51.0 Å². The summed E-state index contributed by atoms with van der Waals surface area (Å²) in [6, 6.07) is 18.8. The summed E-state index contributed by atoms with van der Waals surface area (Å²) in [6.45, 7) is 4.89. The van der Waals surface area contributed by atoms with Crippen molar-refractivity contribution in [3.8, 4) is 11.5 Å². The van der Waals surface area contributed by atoms with Crippen LogP contribution in [0.15, 0.2) is 60.7 Å². The van der Waals surface area contributed by atoms with Crippen molar-refractivity contribution in [1.82, 2.24) is 10.6 Å². The molecule has 2 aromatic carbocycles. The van der Waals surface area contributed by atoms with Gasteiger partial charge in [-0.3, -0.25) is 9.59 Å². The second-order valence-electron chi connectivity index (χ2n) is 8.20. The number of hydrogen-bond donors (Lipinski definition) is 2. The molecule has 2 N–H and O–H groups in total. The standard InChI is InChI=1S/C27H38N2O4/c1-22(32-24-16-10-8-11-17-24)26(30)28-20-14-6-4-3-5-7-15-21-29-27(31)23(2)33-25-18-12-9-13-19-25/h8-13,16-19,22-23H,3-7,14-15,20-21H2,1-2H3,(H,28,30)(H,29,31)/t22-,23+. The van der Waals surface area contributed by atoms with Gasteiger partial charge in [-0.25, -0.2) is 0 Å². The van der Waals surface area contributed by atoms with Crippen molar-refractivity contribution in [2.75, 3.05) is 13.1 Å². The number of benzene rings is 2. The van der Waals surface area contributed by atoms with Gasteiger partial charge in [0.25, 0.3) is 11.8 Å². The molecule has 33 heavy (non-hydrogen) atoms. The maximum atomic E-state index is 12.1. The normalized spacial score (nSPS) is 12.4. The first-order valence-electron chi connectivity index (χ1n) is 12.0. The van der Waals surface area contributed by atoms with E-state index in [0.29, 0.717) is 24.6 Å². The molecule has 0 spiro atoms. The quantitative estimate of drug-likeness (QED) is 0.354. The van der Waals surface area contributed by atoms with Crippen LogP contribution in [0, 0.1) is 0 Å². The number of nitrogens with one attached hydrogen (secondary N) is 2. The molecule has 2 aromatic rings. The van der Waals surface area contributed by atoms with Crippen molar-refractivity contribution in [3.63, 3.8) is 0 Å². The van der Waals surface area contributed by atoms with E-state index < -0.39 is 12.2 Å². The third kappa shape index (κ3) is 11.4. The summed E-state index contributed by atoms with van der Waals surface area (Å²) >= 11 is 0. The van der Waals surface area contributed by atoms with Crippen molar-refractivity contribution in [1.29, 1.82) is 0 Å². The molecular formula is C27H38N2O4. The van der Waals surface area contributed by atoms with Gasteiger partial charge in [0.05, 0.1) is 0 Å². The first-order chi connectivity index (χ1) is 16.1. The molecule has 2 rings (SSSR count). The van der Waals surface area contributed by atoms with Crippen molar-refractivity contribution in [3.05, 3.63) is 60.7 Å². The molecular weight excluding hydrogens is 416 g/mol. The first kappa shape index (κ1) is 26.2. The van der Waals surface area contributed by atoms with Crippen LogP contribution in [-0.2, 0) is 9.59 Å². The summed E-state index contributed by atoms with van der Waals surface area (Å²) in [4.78, 5) is 24.2. The highest BCUT2D eigenvalue weighted by atomic mass is 16.5. The lowest BCUT2D eigenvalue weighted by Gasteiger charge is -2.14. The van der Waals surface area contributed by atoms with Crippen molar-refractivity contribution in [2.45, 2.75) is 71.0 Å². The molecule has 0 radical (unpaired) electrons. The van der Waals surface area contributed by atoms with Gasteiger partial charge >= 0.3 is 0 Å². The molecule has 0 saturated carbocycles. The Morgan fingerprint density at radius 2 is 0.939 bits per heavy atom. The van der Waals surface area contributed by atoms with E-state index in [1.165, 1.54) is 6.42 Å². The highest BCUT2D eigenvalue weighted by Gasteiger charge is 2.14. The predicted octanol–water partition coefficient (Wildman–Crippen LogP) is 4.88. The minimum absolute atomic E-state index is 0.0793. The summed E-state index contributed by atoms with van der Waals surface area (Å²) in [5.74, 6) is 1.25. The number of unbranched alkanes of at least 4 members (excludes halogenated alkanes) is 6. The molecule has 0 bridgehead atoms. The van der Waals surface area contributed by atoms with Gasteiger partial charge in [0.2, 0.25) is 0 Å². The van der Waals surface area contributed by atoms with Gasteiger partial charge in [-0.2, -0.15) is 0 Å². The zero-order chi connectivity index (χ0) is 23.7. The van der Waals surface area contributed by atoms with Crippen LogP contribution in [0.2, 0.25) is 0 Å². The molecule has 2 amide bonds. The monoisotopic (exact) mass is 454 g/mol. The second kappa shape index (κ2) is 15.7. The molecule has 0 saturated heterocycles. The Balaban J connectivity index is 1.39. The fourth-order valence-corrected chi connectivity index (χ4v) is 3.36. The molecule has 0 aromatic heterocycles. The number of hydrogen-bond acceptors (Lipinski definition) is 4. The summed E-state index contributed by atoms with van der Waals surface area (Å²) < 4.78 is 11.3. The maximum Gasteiger partial charge on any atom is 0.260 e. The van der Waals surface area contributed by atoms with E-state index in [9.17, 15) is 9.59 Å². The first-order valence-corrected chi connectivity index (χ1v) is 12.0. The Hall–Kier alpha value is -3.02. The van der Waals surface area contributed by atoms with E-state index in [0.717, 1.165) is 38.5 Å². The van der Waals surface area contributed by atoms with Crippen molar-refractivity contribution >= 4 is 11.8 Å². The number of ether oxygens (including phenoxy) is 2. The minimum atomic E-state index is -0.499. The summed E-state index contributed by atoms with van der Waals surface area (Å²) in [5, 5.41) is 5.88. The zero-order valence-corrected chi connectivity index (χ0v) is 19.9. The third-order valence-corrected chi connectivity index (χ3v) is 5.30. The number of carbonyl (C=O) groups excluding carboxylic acids is 2. The van der Waals surface area contributed by atoms with Crippen LogP contribution < -0.4 is 20.1 Å². The average Bonchev–Trinajstić information content (AvgIpc) is 2.83. The zero-order valence-electron chi connectivity index (χ0n) is 19.9. The number of amides is 2. The van der Waals surface area contributed by atoms with E-state index >= 15 is 0 Å². The van der Waals surface area contributed by atoms with Crippen LogP contribution in [0.5, 0.6) is 11.5 Å². The summed E-state index contributed by atoms with van der Waals surface area (Å²) in [5.41, 5.74) is 0. The molecule has 2 atom stereocenters. The van der Waals surface area contributed by atoms with Crippen LogP contribution in [0.25, 0.3) is 0 Å². The maximum absolute atomic E-state index is 12.1. The van der Waals surface area contributed by atoms with Gasteiger partial charge in [-0.1, -0.05) is 68.5 Å². The van der Waals surface area contributed by atoms with Crippen LogP contribution in [0.1, 0.15) is 58.8 Å². The lowest BCUT2D eigenvalue weighted by molar-refractivity contribution is -0.127. The fourth-order valence-electron chi connectivity index (χ4n) is 3.36. The highest BCUT2D eigenvalue weighted by Crippen LogP contribution is 2.12. The molecule has 0 unspecified atom stereocenters. The minimum Gasteiger partial charge on any atom is -0.481 e. The van der Waals surface area contributed by atoms with Crippen LogP contribution in [0.4, 0.5) is 0 Å². The largest absolute Gasteiger partial charge is 0.481 e. The van der Waals surface area contributed by atoms with E-state index in [2.05, 4.69) is 10.6 Å². The number of carbonyl (C=O) groups is 2. The average molecular weight is 455 g/mol. The van der Waals surface area contributed by atoms with Crippen LogP contribution in [-0.4, -0.2) is 37.1 Å². The number of para-hydroxylation sites is 2. The molecule has 180 valence electrons. The van der Waals surface area contributed by atoms with Gasteiger partial charge in [0, 0.05) is 13.1 Å². The summed E-state index contributed by atoms with van der Waals surface area (Å²) in [7, 11) is 0. The van der Waals surface area contributed by atoms with E-state index in [1.54, 1.807) is 13.8 Å². The smallest absolute Gasteiger partial charge is 0.260 e. The molecule has 0 fully saturated rings. The summed E-state index contributed by atoms with van der Waals surface area (Å²) in [6.07, 6.45) is 6.61. The molecule has 0 aliphatic carbocycles. The van der Waals surface area contributed by atoms with Crippen molar-refractivity contribution in [2.24, 2.45) is 0 Å². The highest BCUT2D eigenvalue weighted by molar-refractivity contribution is 5.81. The molecule has 6 heteroatoms. The SMILES string of the molecule is C[C@H](Oc1ccccc1)C(=O)NCCCCCCCCCNC(=O)[C@@H](C)Oc1ccccc1. The lowest BCUT2D eigenvalue weighted by atomic mass is 10.1. The van der Waals surface area contributed by atoms with Crippen LogP contribution >= 0.6 is 0 Å². The Morgan fingerprint density at radius 1 is 0.606 bits per heavy atom. The van der Waals surface area contributed by atoms with Gasteiger partial charge in [0.1, 0.15) is 11.5 Å². The molecule has 0 heterocycles. The van der Waals surface area contributed by atoms with Crippen molar-refractivity contribution < 1.29 is 19.1 Å². The van der Waals surface area contributed by atoms with E-state index in [-0.39, 0.29) is 11.8 Å². The van der Waals surface area contributed by atoms with Gasteiger partial charge < -0.3 is 20.1 Å². The van der Waals surface area contributed by atoms with Crippen LogP contribution in [0.3, 0.4) is 0 Å². The van der Waals surface area contributed by atoms with Gasteiger partial charge in [0.15, 0.2) is 12.2 Å². The topological polar surface area (TPSA) is 76.7 Å². The Kier molecular flexibility index (Phi) is 12.5. The predicted molar refractivity (Wildman–Crippen MR) is 131 cm³/mol. The van der Waals surface area contributed by atoms with Gasteiger partial charge in [-0.15, -0.1) is 0 Å². The Labute approximate surface area is 198 Å². The fraction of sp³-hybridized carbons (Fsp3) is 0.481. The van der Waals surface area contributed by atoms with E-state index in [4.69, 9.17) is 9.47 Å². The second-order valence-corrected chi connectivity index (χ2v) is 8.20. The molecule has 0 aliphatic heterocycles.